The molecule has 0 aliphatic carbocycles. The van der Waals surface area contributed by atoms with Crippen LogP contribution in [-0.4, -0.2) is 23.7 Å². The molecule has 70 valence electrons. The maximum absolute atomic E-state index is 11.2. The van der Waals surface area contributed by atoms with E-state index in [2.05, 4.69) is 17.6 Å². The molecule has 0 saturated carbocycles. The maximum Gasteiger partial charge on any atom is 0.223 e. The fourth-order valence-corrected chi connectivity index (χ4v) is 1.98. The van der Waals surface area contributed by atoms with Crippen molar-refractivity contribution in [1.29, 1.82) is 0 Å². The molecule has 12 heavy (non-hydrogen) atoms. The average Bonchev–Trinajstić information content (AvgIpc) is 2.04. The maximum atomic E-state index is 11.2. The van der Waals surface area contributed by atoms with Gasteiger partial charge < -0.3 is 5.32 Å². The van der Waals surface area contributed by atoms with Crippen molar-refractivity contribution in [2.45, 2.75) is 37.7 Å². The molecule has 2 unspecified atom stereocenters. The van der Waals surface area contributed by atoms with Crippen LogP contribution in [0.2, 0.25) is 0 Å². The van der Waals surface area contributed by atoms with Crippen LogP contribution in [0.25, 0.3) is 0 Å². The van der Waals surface area contributed by atoms with Gasteiger partial charge in [-0.2, -0.15) is 0 Å². The van der Waals surface area contributed by atoms with E-state index >= 15 is 0 Å². The minimum atomic E-state index is 0.114. The van der Waals surface area contributed by atoms with Crippen LogP contribution < -0.4 is 10.6 Å². The quantitative estimate of drug-likeness (QED) is 0.691. The molecule has 0 bridgehead atoms. The second-order valence-electron chi connectivity index (χ2n) is 3.04. The van der Waals surface area contributed by atoms with Crippen LogP contribution in [-0.2, 0) is 4.79 Å². The Balaban J connectivity index is 2.39. The molecule has 1 heterocycles. The summed E-state index contributed by atoms with van der Waals surface area (Å²) in [5, 5.41) is 6.23. The number of rotatable bonds is 3. The Labute approximate surface area is 77.7 Å². The molecule has 2 atom stereocenters. The molecule has 0 aromatic rings. The number of hydrogen-bond acceptors (Lipinski definition) is 3. The molecule has 0 spiro atoms. The van der Waals surface area contributed by atoms with Crippen LogP contribution in [0, 0.1) is 0 Å². The second kappa shape index (κ2) is 4.72. The first kappa shape index (κ1) is 9.86. The number of nitrogens with one attached hydrogen (secondary N) is 2. The van der Waals surface area contributed by atoms with E-state index in [0.29, 0.717) is 12.5 Å². The van der Waals surface area contributed by atoms with Crippen molar-refractivity contribution in [3.8, 4) is 0 Å². The molecule has 4 heteroatoms. The Morgan fingerprint density at radius 2 is 2.42 bits per heavy atom. The van der Waals surface area contributed by atoms with Gasteiger partial charge in [0, 0.05) is 12.5 Å². The van der Waals surface area contributed by atoms with Crippen molar-refractivity contribution in [2.24, 2.45) is 0 Å². The van der Waals surface area contributed by atoms with Crippen LogP contribution in [0.1, 0.15) is 26.2 Å². The summed E-state index contributed by atoms with van der Waals surface area (Å²) < 4.78 is 0. The molecule has 1 rings (SSSR count). The van der Waals surface area contributed by atoms with E-state index in [0.717, 1.165) is 12.8 Å². The number of amides is 1. The van der Waals surface area contributed by atoms with Gasteiger partial charge in [-0.3, -0.25) is 10.1 Å². The van der Waals surface area contributed by atoms with Gasteiger partial charge in [0.1, 0.15) is 5.50 Å². The van der Waals surface area contributed by atoms with Gasteiger partial charge in [0.15, 0.2) is 0 Å². The predicted molar refractivity (Wildman–Crippen MR) is 51.9 cm³/mol. The predicted octanol–water partition coefficient (Wildman–Crippen LogP) is 0.911. The Morgan fingerprint density at radius 3 is 3.00 bits per heavy atom. The van der Waals surface area contributed by atoms with Gasteiger partial charge in [0.25, 0.3) is 0 Å². The summed E-state index contributed by atoms with van der Waals surface area (Å²) >= 11 is 1.64. The molecule has 0 radical (unpaired) electrons. The van der Waals surface area contributed by atoms with Crippen molar-refractivity contribution in [2.75, 3.05) is 6.26 Å². The Kier molecular flexibility index (Phi) is 3.88. The highest BCUT2D eigenvalue weighted by molar-refractivity contribution is 7.99. The first-order valence-corrected chi connectivity index (χ1v) is 5.63. The van der Waals surface area contributed by atoms with Gasteiger partial charge in [-0.1, -0.05) is 13.3 Å². The molecule has 1 aliphatic rings. The van der Waals surface area contributed by atoms with Crippen molar-refractivity contribution >= 4 is 17.7 Å². The minimum Gasteiger partial charge on any atom is -0.332 e. The number of hydrogen-bond donors (Lipinski definition) is 2. The average molecular weight is 188 g/mol. The highest BCUT2D eigenvalue weighted by atomic mass is 32.2. The minimum absolute atomic E-state index is 0.114. The van der Waals surface area contributed by atoms with Gasteiger partial charge in [0.05, 0.1) is 0 Å². The third-order valence-electron chi connectivity index (χ3n) is 1.98. The van der Waals surface area contributed by atoms with Crippen LogP contribution in [0.5, 0.6) is 0 Å². The van der Waals surface area contributed by atoms with Crippen molar-refractivity contribution in [3.05, 3.63) is 0 Å². The molecule has 1 fully saturated rings. The smallest absolute Gasteiger partial charge is 0.223 e. The molecule has 2 N–H and O–H groups in total. The molecule has 1 aliphatic heterocycles. The topological polar surface area (TPSA) is 41.1 Å². The van der Waals surface area contributed by atoms with E-state index in [1.54, 1.807) is 11.8 Å². The van der Waals surface area contributed by atoms with E-state index in [1.807, 2.05) is 6.26 Å². The largest absolute Gasteiger partial charge is 0.332 e. The Morgan fingerprint density at radius 1 is 1.67 bits per heavy atom. The van der Waals surface area contributed by atoms with Gasteiger partial charge >= 0.3 is 0 Å². The van der Waals surface area contributed by atoms with Crippen LogP contribution in [0.4, 0.5) is 0 Å². The molecular weight excluding hydrogens is 172 g/mol. The van der Waals surface area contributed by atoms with E-state index in [1.165, 1.54) is 0 Å². The van der Waals surface area contributed by atoms with Crippen molar-refractivity contribution in [1.82, 2.24) is 10.6 Å². The zero-order valence-corrected chi connectivity index (χ0v) is 8.41. The van der Waals surface area contributed by atoms with Gasteiger partial charge in [-0.15, -0.1) is 11.8 Å². The van der Waals surface area contributed by atoms with Crippen molar-refractivity contribution < 1.29 is 4.79 Å². The third kappa shape index (κ3) is 2.68. The molecule has 0 aromatic heterocycles. The summed E-state index contributed by atoms with van der Waals surface area (Å²) in [5.41, 5.74) is 0.114. The zero-order chi connectivity index (χ0) is 8.97. The lowest BCUT2D eigenvalue weighted by Crippen LogP contribution is -2.54. The van der Waals surface area contributed by atoms with Crippen LogP contribution >= 0.6 is 11.8 Å². The fraction of sp³-hybridized carbons (Fsp3) is 0.875. The van der Waals surface area contributed by atoms with Crippen LogP contribution in [0.3, 0.4) is 0 Å². The molecule has 0 aromatic carbocycles. The van der Waals surface area contributed by atoms with Gasteiger partial charge in [-0.25, -0.2) is 0 Å². The summed E-state index contributed by atoms with van der Waals surface area (Å²) in [5.74, 6) is 0.173. The number of carbonyl (C=O) groups is 1. The molecule has 1 saturated heterocycles. The van der Waals surface area contributed by atoms with E-state index < -0.39 is 0 Å². The Hall–Kier alpha value is -0.220. The lowest BCUT2D eigenvalue weighted by molar-refractivity contribution is -0.123. The van der Waals surface area contributed by atoms with E-state index in [4.69, 9.17) is 0 Å². The van der Waals surface area contributed by atoms with Crippen molar-refractivity contribution in [3.63, 3.8) is 0 Å². The SMILES string of the molecule is CCCC1CC(=O)NC(SC)N1. The van der Waals surface area contributed by atoms with E-state index in [-0.39, 0.29) is 11.4 Å². The summed E-state index contributed by atoms with van der Waals surface area (Å²) in [6, 6.07) is 0.376. The molecule has 1 amide bonds. The first-order chi connectivity index (χ1) is 5.76. The summed E-state index contributed by atoms with van der Waals surface area (Å²) in [4.78, 5) is 11.2. The summed E-state index contributed by atoms with van der Waals surface area (Å²) in [7, 11) is 0. The zero-order valence-electron chi connectivity index (χ0n) is 7.59. The normalized spacial score (nSPS) is 30.0. The summed E-state index contributed by atoms with van der Waals surface area (Å²) in [6.45, 7) is 2.14. The highest BCUT2D eigenvalue weighted by Gasteiger charge is 2.23. The fourth-order valence-electron chi connectivity index (χ4n) is 1.40. The first-order valence-electron chi connectivity index (χ1n) is 4.34. The van der Waals surface area contributed by atoms with Crippen LogP contribution in [0.15, 0.2) is 0 Å². The highest BCUT2D eigenvalue weighted by Crippen LogP contribution is 2.11. The van der Waals surface area contributed by atoms with E-state index in [9.17, 15) is 4.79 Å². The number of thioether (sulfide) groups is 1. The second-order valence-corrected chi connectivity index (χ2v) is 3.98. The number of carbonyl (C=O) groups excluding carboxylic acids is 1. The lowest BCUT2D eigenvalue weighted by atomic mass is 10.1. The van der Waals surface area contributed by atoms with Gasteiger partial charge in [-0.05, 0) is 12.7 Å². The molecular formula is C8H16N2OS. The summed E-state index contributed by atoms with van der Waals surface area (Å²) in [6.07, 6.45) is 4.84. The molecule has 3 nitrogen and oxygen atoms in total. The monoisotopic (exact) mass is 188 g/mol. The van der Waals surface area contributed by atoms with Gasteiger partial charge in [0.2, 0.25) is 5.91 Å². The standard InChI is InChI=1S/C8H16N2OS/c1-3-4-6-5-7(11)10-8(9-6)12-2/h6,8-9H,3-5H2,1-2H3,(H,10,11). The third-order valence-corrected chi connectivity index (χ3v) is 2.71. The Bertz CT molecular complexity index is 163. The lowest BCUT2D eigenvalue weighted by Gasteiger charge is -2.30.